The van der Waals surface area contributed by atoms with Crippen LogP contribution in [0.1, 0.15) is 7.43 Å². The Bertz CT molecular complexity index is 688. The fourth-order valence-corrected chi connectivity index (χ4v) is 1.15. The van der Waals surface area contributed by atoms with E-state index >= 15 is 0 Å². The van der Waals surface area contributed by atoms with Gasteiger partial charge in [0.25, 0.3) is 0 Å². The fraction of sp³-hybridized carbons (Fsp3) is 0.700. The van der Waals surface area contributed by atoms with Gasteiger partial charge in [-0.05, 0) is 0 Å². The van der Waals surface area contributed by atoms with E-state index in [1.807, 2.05) is 0 Å². The first kappa shape index (κ1) is 27.6. The molecule has 0 unspecified atom stereocenters. The van der Waals surface area contributed by atoms with Gasteiger partial charge in [0.05, 0.1) is 0 Å². The molecule has 0 fully saturated rings. The Morgan fingerprint density at radius 2 is 1.33 bits per heavy atom. The van der Waals surface area contributed by atoms with Crippen LogP contribution >= 0.6 is 0 Å². The zero-order chi connectivity index (χ0) is 21.2. The lowest BCUT2D eigenvalue weighted by Crippen LogP contribution is -2.50. The maximum absolute atomic E-state index is 12.6. The standard InChI is InChI=1S/C8H7F8N2.CHF3O3S.CH4/c9-6(10,8(14,15)16)3-17-1-2-18(5-17)4-7(11,12)13;2-1(3,4)8(5,6)7;/h1-2,5H,3-4H2;(H,5,6,7);1H4/q+1;;/p-1. The minimum absolute atomic E-state index is 0. The Morgan fingerprint density at radius 3 is 1.63 bits per heavy atom. The third-order valence-corrected chi connectivity index (χ3v) is 2.75. The summed E-state index contributed by atoms with van der Waals surface area (Å²) in [6.07, 6.45) is -8.31. The quantitative estimate of drug-likeness (QED) is 0.309. The van der Waals surface area contributed by atoms with Gasteiger partial charge in [0, 0.05) is 0 Å². The lowest BCUT2D eigenvalue weighted by molar-refractivity contribution is -0.719. The Kier molecular flexibility index (Phi) is 8.75. The molecule has 0 aliphatic carbocycles. The highest BCUT2D eigenvalue weighted by Gasteiger charge is 2.59. The van der Waals surface area contributed by atoms with E-state index in [-0.39, 0.29) is 7.43 Å². The Balaban J connectivity index is 0. The SMILES string of the molecule is C.FC(F)(F)Cn1cc[n+](CC(F)(F)C(F)(F)F)c1.O=S(=O)([O-])C(F)(F)F. The number of hydrogen-bond donors (Lipinski definition) is 0. The number of alkyl halides is 11. The van der Waals surface area contributed by atoms with E-state index in [2.05, 4.69) is 0 Å². The molecule has 17 heteroatoms. The smallest absolute Gasteiger partial charge is 0.485 e. The molecule has 27 heavy (non-hydrogen) atoms. The third kappa shape index (κ3) is 9.73. The summed E-state index contributed by atoms with van der Waals surface area (Å²) < 4.78 is 156. The molecule has 1 aromatic heterocycles. The third-order valence-electron chi connectivity index (χ3n) is 2.19. The van der Waals surface area contributed by atoms with Gasteiger partial charge in [0.2, 0.25) is 6.33 Å². The van der Waals surface area contributed by atoms with Gasteiger partial charge >= 0.3 is 23.8 Å². The summed E-state index contributed by atoms with van der Waals surface area (Å²) in [6.45, 7) is -3.22. The van der Waals surface area contributed by atoms with Crippen LogP contribution in [0.25, 0.3) is 0 Å². The van der Waals surface area contributed by atoms with Gasteiger partial charge < -0.3 is 4.55 Å². The highest BCUT2D eigenvalue weighted by atomic mass is 32.2. The molecular weight excluding hydrogens is 437 g/mol. The zero-order valence-corrected chi connectivity index (χ0v) is 12.6. The highest BCUT2D eigenvalue weighted by Crippen LogP contribution is 2.35. The molecular formula is C10H11F11N2O3S. The van der Waals surface area contributed by atoms with E-state index < -0.39 is 47.0 Å². The molecule has 0 spiro atoms. The van der Waals surface area contributed by atoms with Gasteiger partial charge in [0.1, 0.15) is 12.4 Å². The molecule has 0 amide bonds. The molecule has 0 aliphatic heterocycles. The van der Waals surface area contributed by atoms with Crippen molar-refractivity contribution < 1.29 is 65.8 Å². The lowest BCUT2D eigenvalue weighted by Gasteiger charge is -2.17. The second kappa shape index (κ2) is 8.57. The minimum atomic E-state index is -6.09. The van der Waals surface area contributed by atoms with E-state index in [4.69, 9.17) is 13.0 Å². The predicted molar refractivity (Wildman–Crippen MR) is 64.2 cm³/mol. The molecule has 162 valence electrons. The molecule has 0 saturated carbocycles. The Hall–Kier alpha value is -1.65. The number of rotatable bonds is 3. The first-order chi connectivity index (χ1) is 11.2. The molecule has 0 N–H and O–H groups in total. The molecule has 0 bridgehead atoms. The molecule has 0 atom stereocenters. The van der Waals surface area contributed by atoms with Crippen molar-refractivity contribution in [2.75, 3.05) is 0 Å². The summed E-state index contributed by atoms with van der Waals surface area (Å²) >= 11 is 0. The van der Waals surface area contributed by atoms with Gasteiger partial charge in [0.15, 0.2) is 23.2 Å². The molecule has 0 aliphatic rings. The first-order valence-electron chi connectivity index (χ1n) is 5.74. The summed E-state index contributed by atoms with van der Waals surface area (Å²) in [5.41, 5.74) is -5.65. The maximum atomic E-state index is 12.6. The Labute approximate surface area is 144 Å². The summed E-state index contributed by atoms with van der Waals surface area (Å²) in [7, 11) is -6.09. The zero-order valence-electron chi connectivity index (χ0n) is 11.8. The average Bonchev–Trinajstić information content (AvgIpc) is 2.69. The molecule has 0 aromatic carbocycles. The van der Waals surface area contributed by atoms with Crippen LogP contribution in [0, 0.1) is 0 Å². The van der Waals surface area contributed by atoms with Crippen LogP contribution < -0.4 is 4.57 Å². The van der Waals surface area contributed by atoms with E-state index in [0.29, 0.717) is 21.7 Å². The van der Waals surface area contributed by atoms with Crippen LogP contribution in [0.4, 0.5) is 48.3 Å². The number of halogens is 11. The van der Waals surface area contributed by atoms with E-state index in [1.165, 1.54) is 0 Å². The highest BCUT2D eigenvalue weighted by molar-refractivity contribution is 7.86. The summed E-state index contributed by atoms with van der Waals surface area (Å²) in [6, 6.07) is 0. The van der Waals surface area contributed by atoms with Crippen LogP contribution in [-0.4, -0.2) is 41.3 Å². The van der Waals surface area contributed by atoms with Crippen molar-refractivity contribution in [1.82, 2.24) is 4.57 Å². The largest absolute Gasteiger partial charge is 0.741 e. The monoisotopic (exact) mass is 448 g/mol. The van der Waals surface area contributed by atoms with Crippen molar-refractivity contribution in [3.05, 3.63) is 18.7 Å². The molecule has 1 aromatic rings. The number of hydrogen-bond acceptors (Lipinski definition) is 3. The van der Waals surface area contributed by atoms with E-state index in [0.717, 1.165) is 6.20 Å². The van der Waals surface area contributed by atoms with E-state index in [9.17, 15) is 48.3 Å². The van der Waals surface area contributed by atoms with Crippen LogP contribution in [-0.2, 0) is 23.2 Å². The first-order valence-corrected chi connectivity index (χ1v) is 7.15. The van der Waals surface area contributed by atoms with Crippen LogP contribution in [0.2, 0.25) is 0 Å². The van der Waals surface area contributed by atoms with Crippen molar-refractivity contribution in [3.63, 3.8) is 0 Å². The predicted octanol–water partition coefficient (Wildman–Crippen LogP) is 3.22. The number of nitrogens with zero attached hydrogens (tertiary/aromatic N) is 2. The molecule has 1 heterocycles. The summed E-state index contributed by atoms with van der Waals surface area (Å²) in [5, 5.41) is 0. The topological polar surface area (TPSA) is 66.0 Å². The summed E-state index contributed by atoms with van der Waals surface area (Å²) in [5.74, 6) is -5.00. The van der Waals surface area contributed by atoms with Gasteiger partial charge in [-0.25, -0.2) is 17.6 Å². The van der Waals surface area contributed by atoms with Gasteiger partial charge in [-0.2, -0.15) is 48.3 Å². The van der Waals surface area contributed by atoms with Gasteiger partial charge in [-0.3, -0.25) is 0 Å². The van der Waals surface area contributed by atoms with Gasteiger partial charge in [-0.1, -0.05) is 7.43 Å². The molecule has 0 radical (unpaired) electrons. The second-order valence-electron chi connectivity index (χ2n) is 4.48. The summed E-state index contributed by atoms with van der Waals surface area (Å²) in [4.78, 5) is 0. The average molecular weight is 448 g/mol. The van der Waals surface area contributed by atoms with Crippen LogP contribution in [0.3, 0.4) is 0 Å². The number of aromatic nitrogens is 2. The molecule has 0 saturated heterocycles. The van der Waals surface area contributed by atoms with Gasteiger partial charge in [-0.15, -0.1) is 0 Å². The molecule has 5 nitrogen and oxygen atoms in total. The van der Waals surface area contributed by atoms with Crippen LogP contribution in [0.15, 0.2) is 18.7 Å². The molecule has 1 rings (SSSR count). The Morgan fingerprint density at radius 1 is 0.926 bits per heavy atom. The van der Waals surface area contributed by atoms with E-state index in [1.54, 1.807) is 0 Å². The van der Waals surface area contributed by atoms with Crippen LogP contribution in [0.5, 0.6) is 0 Å². The number of imidazole rings is 1. The maximum Gasteiger partial charge on any atom is 0.485 e. The second-order valence-corrected chi connectivity index (χ2v) is 5.85. The van der Waals surface area contributed by atoms with Crippen molar-refractivity contribution in [2.45, 2.75) is 44.3 Å². The minimum Gasteiger partial charge on any atom is -0.741 e. The van der Waals surface area contributed by atoms with Crippen molar-refractivity contribution in [1.29, 1.82) is 0 Å². The lowest BCUT2D eigenvalue weighted by atomic mass is 10.3. The van der Waals surface area contributed by atoms with Crippen molar-refractivity contribution in [2.24, 2.45) is 0 Å². The van der Waals surface area contributed by atoms with Crippen molar-refractivity contribution in [3.8, 4) is 0 Å². The van der Waals surface area contributed by atoms with Crippen molar-refractivity contribution >= 4 is 10.1 Å². The normalized spacial score (nSPS) is 13.5. The fourth-order valence-electron chi connectivity index (χ4n) is 1.15.